The molecule has 0 heterocycles. The molecule has 19 heavy (non-hydrogen) atoms. The van der Waals surface area contributed by atoms with Crippen LogP contribution in [0.3, 0.4) is 0 Å². The molecule has 1 aliphatic rings. The summed E-state index contributed by atoms with van der Waals surface area (Å²) < 4.78 is 0. The Morgan fingerprint density at radius 2 is 1.74 bits per heavy atom. The third kappa shape index (κ3) is 2.53. The van der Waals surface area contributed by atoms with Gasteiger partial charge in [0.15, 0.2) is 0 Å². The molecule has 0 spiro atoms. The maximum Gasteiger partial charge on any atom is 0 e. The average Bonchev–Trinajstić information content (AvgIpc) is 2.72. The summed E-state index contributed by atoms with van der Waals surface area (Å²) in [5, 5.41) is 0. The van der Waals surface area contributed by atoms with Crippen LogP contribution in [0.15, 0.2) is 42.5 Å². The van der Waals surface area contributed by atoms with E-state index < -0.39 is 0 Å². The number of benzene rings is 2. The molecule has 0 radical (unpaired) electrons. The van der Waals surface area contributed by atoms with E-state index in [2.05, 4.69) is 68.8 Å². The molecule has 0 bridgehead atoms. The van der Waals surface area contributed by atoms with E-state index in [1.165, 1.54) is 22.3 Å². The summed E-state index contributed by atoms with van der Waals surface area (Å²) >= 11 is 0. The predicted octanol–water partition coefficient (Wildman–Crippen LogP) is 4.73. The Hall–Kier alpha value is -0.247. The number of hydrogen-bond acceptors (Lipinski definition) is 0. The van der Waals surface area contributed by atoms with Crippen LogP contribution in [0, 0.1) is 6.07 Å². The maximum absolute atomic E-state index is 3.49. The Labute approximate surface area is 136 Å². The first-order valence-corrected chi connectivity index (χ1v) is 8.77. The van der Waals surface area contributed by atoms with Crippen molar-refractivity contribution in [3.63, 3.8) is 0 Å². The third-order valence-corrected chi connectivity index (χ3v) is 6.01. The minimum absolute atomic E-state index is 0. The molecular formula is C17H18PZr-. The van der Waals surface area contributed by atoms with Gasteiger partial charge in [-0.15, -0.1) is 19.0 Å². The molecule has 96 valence electrons. The Bertz CT molecular complexity index is 531. The van der Waals surface area contributed by atoms with Crippen molar-refractivity contribution in [2.75, 3.05) is 13.3 Å². The van der Waals surface area contributed by atoms with Crippen LogP contribution >= 0.6 is 7.92 Å². The minimum atomic E-state index is 0. The van der Waals surface area contributed by atoms with Crippen molar-refractivity contribution in [3.05, 3.63) is 59.7 Å². The van der Waals surface area contributed by atoms with Crippen LogP contribution in [0.1, 0.15) is 24.0 Å². The van der Waals surface area contributed by atoms with Gasteiger partial charge in [0, 0.05) is 26.2 Å². The second-order valence-corrected chi connectivity index (χ2v) is 8.01. The normalized spacial score (nSPS) is 17.6. The topological polar surface area (TPSA) is 0 Å². The SMILES string of the molecule is CC(C1c2[c-]cccc2-c2ccccc21)P(C)C.[Zr]. The zero-order chi connectivity index (χ0) is 12.7. The van der Waals surface area contributed by atoms with Crippen molar-refractivity contribution in [2.24, 2.45) is 0 Å². The van der Waals surface area contributed by atoms with Gasteiger partial charge in [-0.05, 0) is 30.5 Å². The first-order valence-electron chi connectivity index (χ1n) is 6.46. The standard InChI is InChI=1S/C17H18P.Zr/c1-12(18(2)3)17-15-10-6-4-8-13(15)14-9-5-7-11-16(14)17;/h4-10,12,17H,1-3H3;/q-1;. The van der Waals surface area contributed by atoms with Crippen LogP contribution in [-0.2, 0) is 26.2 Å². The van der Waals surface area contributed by atoms with E-state index in [0.29, 0.717) is 11.6 Å². The molecule has 0 N–H and O–H groups in total. The zero-order valence-corrected chi connectivity index (χ0v) is 15.0. The third-order valence-electron chi connectivity index (χ3n) is 4.08. The fourth-order valence-corrected chi connectivity index (χ4v) is 3.82. The van der Waals surface area contributed by atoms with Gasteiger partial charge < -0.3 is 0 Å². The number of hydrogen-bond donors (Lipinski definition) is 0. The van der Waals surface area contributed by atoms with Crippen LogP contribution in [0.2, 0.25) is 0 Å². The van der Waals surface area contributed by atoms with Gasteiger partial charge in [0.1, 0.15) is 0 Å². The molecule has 2 aromatic carbocycles. The van der Waals surface area contributed by atoms with E-state index in [-0.39, 0.29) is 34.1 Å². The molecule has 1 aliphatic carbocycles. The molecule has 2 atom stereocenters. The second-order valence-electron chi connectivity index (χ2n) is 5.27. The summed E-state index contributed by atoms with van der Waals surface area (Å²) in [6.07, 6.45) is 0. The fraction of sp³-hybridized carbons (Fsp3) is 0.294. The molecule has 0 saturated carbocycles. The van der Waals surface area contributed by atoms with Gasteiger partial charge in [-0.1, -0.05) is 36.8 Å². The number of rotatable bonds is 2. The van der Waals surface area contributed by atoms with Crippen molar-refractivity contribution in [2.45, 2.75) is 18.5 Å². The molecular weight excluding hydrogens is 326 g/mol. The van der Waals surface area contributed by atoms with Gasteiger partial charge in [-0.2, -0.15) is 24.3 Å². The van der Waals surface area contributed by atoms with Crippen molar-refractivity contribution in [1.82, 2.24) is 0 Å². The first-order chi connectivity index (χ1) is 8.70. The van der Waals surface area contributed by atoms with E-state index in [0.717, 1.165) is 0 Å². The molecule has 0 amide bonds. The van der Waals surface area contributed by atoms with Crippen molar-refractivity contribution in [1.29, 1.82) is 0 Å². The predicted molar refractivity (Wildman–Crippen MR) is 80.8 cm³/mol. The Morgan fingerprint density at radius 3 is 2.47 bits per heavy atom. The molecule has 0 aliphatic heterocycles. The van der Waals surface area contributed by atoms with Crippen molar-refractivity contribution < 1.29 is 26.2 Å². The molecule has 0 aromatic heterocycles. The van der Waals surface area contributed by atoms with Gasteiger partial charge in [0.2, 0.25) is 0 Å². The summed E-state index contributed by atoms with van der Waals surface area (Å²) in [6, 6.07) is 18.7. The van der Waals surface area contributed by atoms with E-state index in [4.69, 9.17) is 0 Å². The van der Waals surface area contributed by atoms with Crippen molar-refractivity contribution in [3.8, 4) is 11.1 Å². The van der Waals surface area contributed by atoms with Crippen molar-refractivity contribution >= 4 is 7.92 Å². The van der Waals surface area contributed by atoms with Gasteiger partial charge in [0.05, 0.1) is 0 Å². The first kappa shape index (κ1) is 15.1. The maximum atomic E-state index is 3.49. The summed E-state index contributed by atoms with van der Waals surface area (Å²) in [7, 11) is 0.0584. The molecule has 2 unspecified atom stereocenters. The van der Waals surface area contributed by atoms with Gasteiger partial charge in [-0.25, -0.2) is 0 Å². The Morgan fingerprint density at radius 1 is 1.05 bits per heavy atom. The van der Waals surface area contributed by atoms with Gasteiger partial charge in [-0.3, -0.25) is 0 Å². The van der Waals surface area contributed by atoms with Gasteiger partial charge >= 0.3 is 0 Å². The summed E-state index contributed by atoms with van der Waals surface area (Å²) in [5.74, 6) is 0.540. The molecule has 2 aromatic rings. The Kier molecular flexibility index (Phi) is 4.81. The second kappa shape index (κ2) is 6.03. The molecule has 0 nitrogen and oxygen atoms in total. The van der Waals surface area contributed by atoms with Crippen LogP contribution in [0.4, 0.5) is 0 Å². The molecule has 0 saturated heterocycles. The van der Waals surface area contributed by atoms with Crippen LogP contribution in [0.25, 0.3) is 11.1 Å². The van der Waals surface area contributed by atoms with E-state index in [1.807, 2.05) is 0 Å². The minimum Gasteiger partial charge on any atom is -0.179 e. The largest absolute Gasteiger partial charge is 0.179 e. The van der Waals surface area contributed by atoms with Crippen LogP contribution in [-0.4, -0.2) is 19.0 Å². The van der Waals surface area contributed by atoms with Crippen LogP contribution < -0.4 is 0 Å². The van der Waals surface area contributed by atoms with E-state index in [1.54, 1.807) is 0 Å². The summed E-state index contributed by atoms with van der Waals surface area (Å²) in [4.78, 5) is 0. The van der Waals surface area contributed by atoms with Gasteiger partial charge in [0.25, 0.3) is 0 Å². The quantitative estimate of drug-likeness (QED) is 0.546. The number of fused-ring (bicyclic) bond motifs is 3. The molecule has 2 heteroatoms. The average molecular weight is 345 g/mol. The molecule has 3 rings (SSSR count). The summed E-state index contributed by atoms with van der Waals surface area (Å²) in [5.41, 5.74) is 6.42. The van der Waals surface area contributed by atoms with E-state index >= 15 is 0 Å². The Balaban J connectivity index is 0.00000133. The fourth-order valence-electron chi connectivity index (χ4n) is 2.91. The van der Waals surface area contributed by atoms with E-state index in [9.17, 15) is 0 Å². The summed E-state index contributed by atoms with van der Waals surface area (Å²) in [6.45, 7) is 7.15. The van der Waals surface area contributed by atoms with Crippen LogP contribution in [0.5, 0.6) is 0 Å². The zero-order valence-electron chi connectivity index (χ0n) is 11.6. The monoisotopic (exact) mass is 343 g/mol. The smallest absolute Gasteiger partial charge is 0 e. The molecule has 0 fully saturated rings.